The van der Waals surface area contributed by atoms with E-state index in [1.54, 1.807) is 0 Å². The summed E-state index contributed by atoms with van der Waals surface area (Å²) in [7, 11) is 0. The van der Waals surface area contributed by atoms with Gasteiger partial charge in [0, 0.05) is 44.0 Å². The molecule has 1 saturated carbocycles. The molecule has 6 nitrogen and oxygen atoms in total. The Morgan fingerprint density at radius 2 is 2.03 bits per heavy atom. The molecule has 32 heavy (non-hydrogen) atoms. The molecule has 1 aliphatic carbocycles. The summed E-state index contributed by atoms with van der Waals surface area (Å²) in [6.07, 6.45) is 5.18. The monoisotopic (exact) mass is 461 g/mol. The van der Waals surface area contributed by atoms with Crippen LogP contribution in [-0.4, -0.2) is 27.2 Å². The van der Waals surface area contributed by atoms with Crippen LogP contribution in [-0.2, 0) is 4.18 Å². The highest BCUT2D eigenvalue weighted by Crippen LogP contribution is 2.39. The Balaban J connectivity index is 1.35. The molecule has 3 heterocycles. The zero-order valence-electron chi connectivity index (χ0n) is 17.4. The van der Waals surface area contributed by atoms with Gasteiger partial charge in [0.1, 0.15) is 5.82 Å². The summed E-state index contributed by atoms with van der Waals surface area (Å²) in [5.74, 6) is 1.52. The molecule has 5 aromatic rings. The highest BCUT2D eigenvalue weighted by atomic mass is 32.2. The minimum atomic E-state index is 0.399. The number of anilines is 1. The minimum Gasteiger partial charge on any atom is -0.367 e. The summed E-state index contributed by atoms with van der Waals surface area (Å²) in [5, 5.41) is 16.6. The van der Waals surface area contributed by atoms with E-state index in [9.17, 15) is 0 Å². The van der Waals surface area contributed by atoms with Crippen LogP contribution in [0.15, 0.2) is 60.8 Å². The van der Waals surface area contributed by atoms with Crippen molar-refractivity contribution in [3.63, 3.8) is 0 Å². The fourth-order valence-electron chi connectivity index (χ4n) is 4.79. The molecule has 2 atom stereocenters. The number of thiophene rings is 1. The van der Waals surface area contributed by atoms with E-state index in [-0.39, 0.29) is 0 Å². The molecule has 0 bridgehead atoms. The summed E-state index contributed by atoms with van der Waals surface area (Å²) < 4.78 is 9.83. The van der Waals surface area contributed by atoms with Crippen molar-refractivity contribution in [2.24, 2.45) is 11.1 Å². The van der Waals surface area contributed by atoms with Crippen LogP contribution in [0.3, 0.4) is 0 Å². The lowest BCUT2D eigenvalue weighted by Gasteiger charge is -2.15. The first-order valence-corrected chi connectivity index (χ1v) is 12.4. The van der Waals surface area contributed by atoms with Crippen LogP contribution in [0, 0.1) is 5.92 Å². The van der Waals surface area contributed by atoms with Gasteiger partial charge in [0.15, 0.2) is 5.65 Å². The van der Waals surface area contributed by atoms with E-state index in [4.69, 9.17) is 14.4 Å². The molecule has 0 amide bonds. The predicted molar refractivity (Wildman–Crippen MR) is 134 cm³/mol. The lowest BCUT2D eigenvalue weighted by Crippen LogP contribution is -2.18. The number of nitrogens with two attached hydrogens (primary N) is 1. The third-order valence-corrected chi connectivity index (χ3v) is 7.80. The number of benzene rings is 2. The lowest BCUT2D eigenvalue weighted by molar-refractivity contribution is 0.290. The average molecular weight is 462 g/mol. The van der Waals surface area contributed by atoms with E-state index < -0.39 is 0 Å². The Hall–Kier alpha value is -2.65. The maximum absolute atomic E-state index is 5.39. The molecule has 3 aromatic heterocycles. The van der Waals surface area contributed by atoms with Gasteiger partial charge in [0.05, 0.1) is 24.5 Å². The molecular weight excluding hydrogens is 438 g/mol. The molecule has 0 spiro atoms. The molecule has 1 aliphatic rings. The third-order valence-electron chi connectivity index (χ3n) is 6.30. The number of fused-ring (bicyclic) bond motifs is 4. The fourth-order valence-corrected chi connectivity index (χ4v) is 6.28. The maximum Gasteiger partial charge on any atom is 0.157 e. The Kier molecular flexibility index (Phi) is 5.23. The SMILES string of the molecule is NSOCC1CCC(Nc2ccnc3cc(-c4cccc5c4sc4ccccc45)nn23)C1. The van der Waals surface area contributed by atoms with Crippen LogP contribution < -0.4 is 10.5 Å². The van der Waals surface area contributed by atoms with Gasteiger partial charge < -0.3 is 9.50 Å². The van der Waals surface area contributed by atoms with Gasteiger partial charge in [-0.3, -0.25) is 5.14 Å². The van der Waals surface area contributed by atoms with Crippen molar-refractivity contribution in [2.45, 2.75) is 25.3 Å². The fraction of sp³-hybridized carbons (Fsp3) is 0.250. The van der Waals surface area contributed by atoms with Crippen LogP contribution in [0.25, 0.3) is 37.1 Å². The van der Waals surface area contributed by atoms with Gasteiger partial charge in [-0.1, -0.05) is 36.4 Å². The second kappa shape index (κ2) is 8.37. The van der Waals surface area contributed by atoms with Crippen molar-refractivity contribution < 1.29 is 4.18 Å². The van der Waals surface area contributed by atoms with E-state index in [1.165, 1.54) is 20.2 Å². The highest BCUT2D eigenvalue weighted by molar-refractivity contribution is 7.92. The molecule has 1 fully saturated rings. The number of aromatic nitrogens is 3. The van der Waals surface area contributed by atoms with Gasteiger partial charge in [0.2, 0.25) is 0 Å². The molecule has 8 heteroatoms. The van der Waals surface area contributed by atoms with Gasteiger partial charge >= 0.3 is 0 Å². The Bertz CT molecular complexity index is 1410. The number of hydrogen-bond acceptors (Lipinski definition) is 7. The lowest BCUT2D eigenvalue weighted by atomic mass is 10.1. The number of hydrogen-bond donors (Lipinski definition) is 2. The molecule has 0 aliphatic heterocycles. The Morgan fingerprint density at radius 3 is 2.97 bits per heavy atom. The van der Waals surface area contributed by atoms with Crippen molar-refractivity contribution in [1.82, 2.24) is 14.6 Å². The normalized spacial score (nSPS) is 18.8. The first-order valence-electron chi connectivity index (χ1n) is 10.8. The number of nitrogens with zero attached hydrogens (tertiary/aromatic N) is 3. The van der Waals surface area contributed by atoms with Gasteiger partial charge in [-0.15, -0.1) is 11.3 Å². The molecule has 0 radical (unpaired) electrons. The van der Waals surface area contributed by atoms with E-state index in [0.717, 1.165) is 54.2 Å². The zero-order valence-corrected chi connectivity index (χ0v) is 19.0. The van der Waals surface area contributed by atoms with Crippen molar-refractivity contribution in [3.8, 4) is 11.3 Å². The van der Waals surface area contributed by atoms with Gasteiger partial charge in [0.25, 0.3) is 0 Å². The van der Waals surface area contributed by atoms with Crippen LogP contribution in [0.5, 0.6) is 0 Å². The van der Waals surface area contributed by atoms with Crippen LogP contribution in [0.2, 0.25) is 0 Å². The minimum absolute atomic E-state index is 0.399. The van der Waals surface area contributed by atoms with Crippen molar-refractivity contribution in [2.75, 3.05) is 11.9 Å². The Labute approximate surface area is 194 Å². The van der Waals surface area contributed by atoms with E-state index >= 15 is 0 Å². The number of nitrogens with one attached hydrogen (secondary N) is 1. The predicted octanol–water partition coefficient (Wildman–Crippen LogP) is 5.88. The van der Waals surface area contributed by atoms with E-state index in [0.29, 0.717) is 18.6 Å². The largest absolute Gasteiger partial charge is 0.367 e. The van der Waals surface area contributed by atoms with Gasteiger partial charge in [-0.2, -0.15) is 9.61 Å². The summed E-state index contributed by atoms with van der Waals surface area (Å²) >= 11 is 2.78. The first kappa shape index (κ1) is 20.0. The smallest absolute Gasteiger partial charge is 0.157 e. The topological polar surface area (TPSA) is 77.5 Å². The molecule has 6 rings (SSSR count). The van der Waals surface area contributed by atoms with Crippen LogP contribution in [0.4, 0.5) is 5.82 Å². The first-order chi connectivity index (χ1) is 15.8. The molecule has 162 valence electrons. The molecule has 2 aromatic carbocycles. The quantitative estimate of drug-likeness (QED) is 0.243. The van der Waals surface area contributed by atoms with Crippen LogP contribution in [0.1, 0.15) is 19.3 Å². The summed E-state index contributed by atoms with van der Waals surface area (Å²) in [6.45, 7) is 0.705. The van der Waals surface area contributed by atoms with Crippen molar-refractivity contribution in [3.05, 3.63) is 60.8 Å². The summed E-state index contributed by atoms with van der Waals surface area (Å²) in [4.78, 5) is 4.57. The Morgan fingerprint density at radius 1 is 1.12 bits per heavy atom. The van der Waals surface area contributed by atoms with Gasteiger partial charge in [-0.05, 0) is 37.3 Å². The standard InChI is InChI=1S/C24H23N5OS2/c25-32-30-14-15-8-9-16(12-15)27-22-10-11-26-23-13-20(28-29(22)23)19-6-3-5-18-17-4-1-2-7-21(17)31-24(18)19/h1-7,10-11,13,15-16,27H,8-9,12,14,25H2. The zero-order chi connectivity index (χ0) is 21.5. The van der Waals surface area contributed by atoms with Crippen LogP contribution >= 0.6 is 23.6 Å². The average Bonchev–Trinajstić information content (AvgIpc) is 3.54. The maximum atomic E-state index is 5.39. The second-order valence-electron chi connectivity index (χ2n) is 8.31. The third kappa shape index (κ3) is 3.53. The second-order valence-corrected chi connectivity index (χ2v) is 9.79. The summed E-state index contributed by atoms with van der Waals surface area (Å²) in [6, 6.07) is 19.5. The number of rotatable bonds is 6. The van der Waals surface area contributed by atoms with Crippen molar-refractivity contribution in [1.29, 1.82) is 0 Å². The van der Waals surface area contributed by atoms with Crippen molar-refractivity contribution >= 4 is 55.2 Å². The molecular formula is C24H23N5OS2. The molecule has 2 unspecified atom stereocenters. The van der Waals surface area contributed by atoms with E-state index in [2.05, 4.69) is 58.8 Å². The van der Waals surface area contributed by atoms with Gasteiger partial charge in [-0.25, -0.2) is 4.98 Å². The highest BCUT2D eigenvalue weighted by Gasteiger charge is 2.25. The summed E-state index contributed by atoms with van der Waals surface area (Å²) in [5.41, 5.74) is 2.94. The van der Waals surface area contributed by atoms with E-state index in [1.807, 2.05) is 28.1 Å². The molecule has 3 N–H and O–H groups in total. The molecule has 0 saturated heterocycles.